The van der Waals surface area contributed by atoms with Gasteiger partial charge in [0.15, 0.2) is 17.6 Å². The van der Waals surface area contributed by atoms with Crippen LogP contribution in [-0.2, 0) is 27.4 Å². The average Bonchev–Trinajstić information content (AvgIpc) is 3.49. The Bertz CT molecular complexity index is 1450. The van der Waals surface area contributed by atoms with Gasteiger partial charge in [-0.1, -0.05) is 91.0 Å². The first-order valence-electron chi connectivity index (χ1n) is 14.6. The number of oxazole rings is 1. The predicted octanol–water partition coefficient (Wildman–Crippen LogP) is 5.72. The molecule has 0 aliphatic heterocycles. The number of ether oxygens (including phenoxy) is 1. The number of nitrogens with two attached hydrogens (primary N) is 1. The molecule has 0 bridgehead atoms. The number of unbranched alkanes of at least 4 members (excludes halogenated alkanes) is 1. The number of rotatable bonds is 15. The fourth-order valence-corrected chi connectivity index (χ4v) is 4.64. The van der Waals surface area contributed by atoms with Crippen LogP contribution >= 0.6 is 0 Å². The van der Waals surface area contributed by atoms with Crippen LogP contribution in [-0.4, -0.2) is 46.7 Å². The lowest BCUT2D eigenvalue weighted by atomic mass is 10.1. The maximum atomic E-state index is 12.5. The number of carbonyl (C=O) groups excluding carboxylic acids is 3. The Labute approximate surface area is 256 Å². The fraction of sp³-hybridized carbons (Fsp3) is 0.265. The summed E-state index contributed by atoms with van der Waals surface area (Å²) in [4.78, 5) is 42.3. The van der Waals surface area contributed by atoms with Gasteiger partial charge in [-0.15, -0.1) is 0 Å². The summed E-state index contributed by atoms with van der Waals surface area (Å²) in [5.74, 6) is 0.625. The molecule has 1 aromatic heterocycles. The summed E-state index contributed by atoms with van der Waals surface area (Å²) in [7, 11) is 0. The zero-order valence-corrected chi connectivity index (χ0v) is 24.5. The van der Waals surface area contributed by atoms with E-state index in [9.17, 15) is 14.4 Å². The second kappa shape index (κ2) is 16.4. The van der Waals surface area contributed by atoms with Crippen LogP contribution in [0.25, 0.3) is 22.6 Å². The van der Waals surface area contributed by atoms with Crippen LogP contribution in [0.2, 0.25) is 0 Å². The topological polar surface area (TPSA) is 152 Å². The summed E-state index contributed by atoms with van der Waals surface area (Å²) in [6.07, 6.45) is 2.63. The minimum Gasteiger partial charge on any atom is -0.444 e. The normalized spacial score (nSPS) is 11.4. The van der Waals surface area contributed by atoms with Crippen molar-refractivity contribution in [1.29, 1.82) is 5.41 Å². The van der Waals surface area contributed by atoms with Crippen LogP contribution in [0.4, 0.5) is 4.79 Å². The maximum Gasteiger partial charge on any atom is 0.416 e. The quantitative estimate of drug-likeness (QED) is 0.0688. The largest absolute Gasteiger partial charge is 0.444 e. The molecule has 0 fully saturated rings. The van der Waals surface area contributed by atoms with Gasteiger partial charge in [-0.2, -0.15) is 0 Å². The minimum absolute atomic E-state index is 0.0504. The van der Waals surface area contributed by atoms with Gasteiger partial charge in [-0.05, 0) is 31.2 Å². The maximum absolute atomic E-state index is 12.5. The highest BCUT2D eigenvalue weighted by Gasteiger charge is 2.20. The molecule has 0 saturated carbocycles. The van der Waals surface area contributed by atoms with Crippen LogP contribution < -0.4 is 11.1 Å². The number of benzene rings is 3. The molecule has 228 valence electrons. The zero-order valence-electron chi connectivity index (χ0n) is 24.5. The van der Waals surface area contributed by atoms with Crippen molar-refractivity contribution in [2.24, 2.45) is 5.73 Å². The molecule has 0 spiro atoms. The first-order valence-corrected chi connectivity index (χ1v) is 14.6. The lowest BCUT2D eigenvalue weighted by Gasteiger charge is -2.21. The van der Waals surface area contributed by atoms with E-state index in [4.69, 9.17) is 25.3 Å². The number of guanidine groups is 1. The number of nitrogens with zero attached hydrogens (tertiary/aromatic N) is 2. The summed E-state index contributed by atoms with van der Waals surface area (Å²) in [5, 5.41) is 10.5. The van der Waals surface area contributed by atoms with Crippen molar-refractivity contribution in [3.05, 3.63) is 102 Å². The van der Waals surface area contributed by atoms with E-state index in [1.807, 2.05) is 91.0 Å². The van der Waals surface area contributed by atoms with Crippen molar-refractivity contribution in [2.75, 3.05) is 6.54 Å². The summed E-state index contributed by atoms with van der Waals surface area (Å²) in [6, 6.07) is 28.2. The molecule has 4 rings (SSSR count). The van der Waals surface area contributed by atoms with Crippen molar-refractivity contribution in [3.63, 3.8) is 0 Å². The molecule has 3 aromatic carbocycles. The Kier molecular flexibility index (Phi) is 11.8. The highest BCUT2D eigenvalue weighted by molar-refractivity contribution is 5.91. The van der Waals surface area contributed by atoms with E-state index in [0.717, 1.165) is 27.3 Å². The molecule has 1 heterocycles. The second-order valence-corrected chi connectivity index (χ2v) is 10.3. The number of hydrogen-bond acceptors (Lipinski definition) is 7. The molecule has 1 atom stereocenters. The third-order valence-electron chi connectivity index (χ3n) is 6.92. The molecule has 44 heavy (non-hydrogen) atoms. The first kappa shape index (κ1) is 31.7. The Morgan fingerprint density at radius 2 is 1.57 bits per heavy atom. The van der Waals surface area contributed by atoms with Gasteiger partial charge >= 0.3 is 6.09 Å². The summed E-state index contributed by atoms with van der Waals surface area (Å²) >= 11 is 0. The number of amides is 2. The Morgan fingerprint density at radius 1 is 0.932 bits per heavy atom. The van der Waals surface area contributed by atoms with E-state index in [0.29, 0.717) is 43.6 Å². The summed E-state index contributed by atoms with van der Waals surface area (Å²) in [5.41, 5.74) is 9.08. The molecular weight excluding hydrogens is 558 g/mol. The number of nitrogens with one attached hydrogen (secondary N) is 2. The van der Waals surface area contributed by atoms with Crippen LogP contribution in [0.15, 0.2) is 95.4 Å². The molecule has 4 N–H and O–H groups in total. The number of carbonyl (C=O) groups is 3. The Morgan fingerprint density at radius 3 is 2.20 bits per heavy atom. The van der Waals surface area contributed by atoms with E-state index in [-0.39, 0.29) is 31.9 Å². The van der Waals surface area contributed by atoms with Crippen molar-refractivity contribution in [3.8, 4) is 22.6 Å². The van der Waals surface area contributed by atoms with Gasteiger partial charge in [0.05, 0.1) is 6.04 Å². The molecule has 10 heteroatoms. The van der Waals surface area contributed by atoms with Crippen LogP contribution in [0, 0.1) is 5.41 Å². The van der Waals surface area contributed by atoms with E-state index >= 15 is 0 Å². The SMILES string of the molecule is N=C(N)N(CCC[C@@H](C=O)NC(=O)CCCCc1nc(-c2ccccc2)c(-c2ccccc2)o1)C(=O)OCc1ccccc1. The van der Waals surface area contributed by atoms with E-state index in [2.05, 4.69) is 5.32 Å². The number of aromatic nitrogens is 1. The lowest BCUT2D eigenvalue weighted by Crippen LogP contribution is -2.43. The Balaban J connectivity index is 1.21. The predicted molar refractivity (Wildman–Crippen MR) is 167 cm³/mol. The average molecular weight is 596 g/mol. The lowest BCUT2D eigenvalue weighted by molar-refractivity contribution is -0.124. The third kappa shape index (κ3) is 9.38. The van der Waals surface area contributed by atoms with Gasteiger partial charge in [-0.25, -0.2) is 14.7 Å². The smallest absolute Gasteiger partial charge is 0.416 e. The van der Waals surface area contributed by atoms with Gasteiger partial charge in [-0.3, -0.25) is 10.2 Å². The number of aryl methyl sites for hydroxylation is 1. The highest BCUT2D eigenvalue weighted by atomic mass is 16.6. The highest BCUT2D eigenvalue weighted by Crippen LogP contribution is 2.33. The zero-order chi connectivity index (χ0) is 31.1. The van der Waals surface area contributed by atoms with Gasteiger partial charge in [0.25, 0.3) is 0 Å². The molecule has 0 aliphatic rings. The Hall–Kier alpha value is -5.25. The summed E-state index contributed by atoms with van der Waals surface area (Å²) in [6.45, 7) is 0.129. The van der Waals surface area contributed by atoms with Gasteiger partial charge < -0.3 is 25.0 Å². The molecular formula is C34H37N5O5. The monoisotopic (exact) mass is 595 g/mol. The third-order valence-corrected chi connectivity index (χ3v) is 6.92. The number of aldehydes is 1. The first-order chi connectivity index (χ1) is 21.4. The summed E-state index contributed by atoms with van der Waals surface area (Å²) < 4.78 is 11.4. The van der Waals surface area contributed by atoms with E-state index in [1.54, 1.807) is 0 Å². The molecule has 2 amide bonds. The van der Waals surface area contributed by atoms with Crippen molar-refractivity contribution >= 4 is 24.2 Å². The molecule has 4 aromatic rings. The van der Waals surface area contributed by atoms with Gasteiger partial charge in [0, 0.05) is 30.5 Å². The molecule has 0 radical (unpaired) electrons. The van der Waals surface area contributed by atoms with Crippen LogP contribution in [0.3, 0.4) is 0 Å². The van der Waals surface area contributed by atoms with E-state index in [1.165, 1.54) is 0 Å². The molecule has 0 unspecified atom stereocenters. The number of hydrogen-bond donors (Lipinski definition) is 3. The van der Waals surface area contributed by atoms with Crippen molar-refractivity contribution < 1.29 is 23.5 Å². The fourth-order valence-electron chi connectivity index (χ4n) is 4.64. The molecule has 0 saturated heterocycles. The van der Waals surface area contributed by atoms with Crippen molar-refractivity contribution in [1.82, 2.24) is 15.2 Å². The van der Waals surface area contributed by atoms with Crippen molar-refractivity contribution in [2.45, 2.75) is 51.2 Å². The van der Waals surface area contributed by atoms with Gasteiger partial charge in [0.1, 0.15) is 18.6 Å². The van der Waals surface area contributed by atoms with Crippen LogP contribution in [0.5, 0.6) is 0 Å². The van der Waals surface area contributed by atoms with Gasteiger partial charge in [0.2, 0.25) is 5.91 Å². The van der Waals surface area contributed by atoms with Crippen LogP contribution in [0.1, 0.15) is 43.6 Å². The van der Waals surface area contributed by atoms with E-state index < -0.39 is 18.1 Å². The second-order valence-electron chi connectivity index (χ2n) is 10.3. The minimum atomic E-state index is -0.745. The standard InChI is InChI=1S/C34H37N5O5/c35-33(36)39(34(42)43-24-25-13-4-1-5-14-25)22-12-19-28(23-40)37-29(41)20-10-11-21-30-38-31(26-15-6-2-7-16-26)32(44-30)27-17-8-3-9-18-27/h1-9,13-18,23,28H,10-12,19-22,24H2,(H3,35,36)(H,37,41)/t28-/m0/s1. The molecule has 10 nitrogen and oxygen atoms in total. The molecule has 0 aliphatic carbocycles.